The van der Waals surface area contributed by atoms with Crippen molar-refractivity contribution in [3.05, 3.63) is 18.0 Å². The van der Waals surface area contributed by atoms with E-state index in [1.165, 1.54) is 5.56 Å². The normalized spacial score (nSPS) is 12.0. The fourth-order valence-corrected chi connectivity index (χ4v) is 0.888. The summed E-state index contributed by atoms with van der Waals surface area (Å²) in [5, 5.41) is 7.33. The average Bonchev–Trinajstić information content (AvgIpc) is 2.36. The zero-order valence-electron chi connectivity index (χ0n) is 7.55. The summed E-state index contributed by atoms with van der Waals surface area (Å²) in [5.41, 5.74) is 1.23. The van der Waals surface area contributed by atoms with Gasteiger partial charge in [0.05, 0.1) is 6.20 Å². The minimum Gasteiger partial charge on any atom is -0.311 e. The van der Waals surface area contributed by atoms with Gasteiger partial charge >= 0.3 is 0 Å². The summed E-state index contributed by atoms with van der Waals surface area (Å²) in [7, 11) is 3.88. The Kier molecular flexibility index (Phi) is 2.00. The highest BCUT2D eigenvalue weighted by Gasteiger charge is 2.18. The lowest BCUT2D eigenvalue weighted by Gasteiger charge is -2.21. The van der Waals surface area contributed by atoms with Crippen LogP contribution in [0.4, 0.5) is 0 Å². The van der Waals surface area contributed by atoms with Crippen LogP contribution in [-0.4, -0.2) is 16.8 Å². The van der Waals surface area contributed by atoms with E-state index in [1.54, 1.807) is 0 Å². The van der Waals surface area contributed by atoms with Crippen LogP contribution >= 0.6 is 0 Å². The monoisotopic (exact) mass is 153 g/mol. The minimum absolute atomic E-state index is 0.0221. The topological polar surface area (TPSA) is 29.9 Å². The fraction of sp³-hybridized carbons (Fsp3) is 0.625. The van der Waals surface area contributed by atoms with E-state index in [0.717, 1.165) is 0 Å². The van der Waals surface area contributed by atoms with E-state index in [1.807, 2.05) is 31.2 Å². The molecule has 0 aromatic carbocycles. The molecule has 0 spiro atoms. The van der Waals surface area contributed by atoms with Crippen LogP contribution < -0.4 is 5.32 Å². The Morgan fingerprint density at radius 3 is 2.55 bits per heavy atom. The number of nitrogens with zero attached hydrogens (tertiary/aromatic N) is 2. The van der Waals surface area contributed by atoms with Crippen molar-refractivity contribution in [2.75, 3.05) is 7.05 Å². The van der Waals surface area contributed by atoms with Crippen LogP contribution in [0.25, 0.3) is 0 Å². The molecular weight excluding hydrogens is 138 g/mol. The summed E-state index contributed by atoms with van der Waals surface area (Å²) in [6.07, 6.45) is 3.91. The lowest BCUT2D eigenvalue weighted by Crippen LogP contribution is -2.32. The molecule has 1 rings (SSSR count). The highest BCUT2D eigenvalue weighted by molar-refractivity contribution is 5.14. The van der Waals surface area contributed by atoms with Gasteiger partial charge in [-0.15, -0.1) is 0 Å². The van der Waals surface area contributed by atoms with E-state index < -0.39 is 0 Å². The van der Waals surface area contributed by atoms with Gasteiger partial charge in [0, 0.05) is 24.3 Å². The first-order chi connectivity index (χ1) is 5.06. The quantitative estimate of drug-likeness (QED) is 0.683. The van der Waals surface area contributed by atoms with Gasteiger partial charge in [-0.1, -0.05) is 0 Å². The molecule has 0 amide bonds. The summed E-state index contributed by atoms with van der Waals surface area (Å²) in [4.78, 5) is 0. The molecule has 0 saturated carbocycles. The summed E-state index contributed by atoms with van der Waals surface area (Å²) < 4.78 is 1.81. The molecule has 0 aliphatic rings. The summed E-state index contributed by atoms with van der Waals surface area (Å²) in [6, 6.07) is 0. The lowest BCUT2D eigenvalue weighted by atomic mass is 9.98. The van der Waals surface area contributed by atoms with E-state index in [9.17, 15) is 0 Å². The van der Waals surface area contributed by atoms with Crippen LogP contribution in [0.3, 0.4) is 0 Å². The van der Waals surface area contributed by atoms with Crippen molar-refractivity contribution in [1.82, 2.24) is 15.1 Å². The van der Waals surface area contributed by atoms with Crippen LogP contribution in [0.1, 0.15) is 19.4 Å². The molecule has 62 valence electrons. The Bertz CT molecular complexity index is 237. The zero-order valence-corrected chi connectivity index (χ0v) is 7.55. The molecule has 3 heteroatoms. The molecular formula is C8H15N3. The molecule has 11 heavy (non-hydrogen) atoms. The second kappa shape index (κ2) is 2.66. The second-order valence-corrected chi connectivity index (χ2v) is 3.28. The van der Waals surface area contributed by atoms with Gasteiger partial charge in [-0.3, -0.25) is 4.68 Å². The van der Waals surface area contributed by atoms with Gasteiger partial charge in [0.1, 0.15) is 0 Å². The van der Waals surface area contributed by atoms with Crippen molar-refractivity contribution in [3.63, 3.8) is 0 Å². The smallest absolute Gasteiger partial charge is 0.0540 e. The molecule has 3 nitrogen and oxygen atoms in total. The maximum atomic E-state index is 4.11. The Hall–Kier alpha value is -0.830. The summed E-state index contributed by atoms with van der Waals surface area (Å²) in [5.74, 6) is 0. The molecule has 0 bridgehead atoms. The molecule has 1 aromatic rings. The van der Waals surface area contributed by atoms with Gasteiger partial charge < -0.3 is 5.32 Å². The van der Waals surface area contributed by atoms with Crippen molar-refractivity contribution in [1.29, 1.82) is 0 Å². The largest absolute Gasteiger partial charge is 0.311 e. The lowest BCUT2D eigenvalue weighted by molar-refractivity contribution is 0.444. The SMILES string of the molecule is CNC(C)(C)c1cnn(C)c1. The van der Waals surface area contributed by atoms with Crippen LogP contribution in [0, 0.1) is 0 Å². The molecule has 1 aromatic heterocycles. The Morgan fingerprint density at radius 2 is 2.18 bits per heavy atom. The average molecular weight is 153 g/mol. The van der Waals surface area contributed by atoms with E-state index in [2.05, 4.69) is 24.3 Å². The van der Waals surface area contributed by atoms with E-state index in [-0.39, 0.29) is 5.54 Å². The van der Waals surface area contributed by atoms with Gasteiger partial charge in [0.25, 0.3) is 0 Å². The predicted octanol–water partition coefficient (Wildman–Crippen LogP) is 0.875. The van der Waals surface area contributed by atoms with Crippen molar-refractivity contribution in [3.8, 4) is 0 Å². The number of hydrogen-bond donors (Lipinski definition) is 1. The molecule has 0 atom stereocenters. The first kappa shape index (κ1) is 8.27. The molecule has 0 aliphatic heterocycles. The number of nitrogens with one attached hydrogen (secondary N) is 1. The van der Waals surface area contributed by atoms with Crippen molar-refractivity contribution < 1.29 is 0 Å². The second-order valence-electron chi connectivity index (χ2n) is 3.28. The Balaban J connectivity index is 2.92. The Labute approximate surface area is 67.4 Å². The van der Waals surface area contributed by atoms with Crippen molar-refractivity contribution >= 4 is 0 Å². The van der Waals surface area contributed by atoms with Gasteiger partial charge in [-0.25, -0.2) is 0 Å². The maximum Gasteiger partial charge on any atom is 0.0540 e. The van der Waals surface area contributed by atoms with Crippen LogP contribution in [0.15, 0.2) is 12.4 Å². The summed E-state index contributed by atoms with van der Waals surface area (Å²) >= 11 is 0. The number of rotatable bonds is 2. The van der Waals surface area contributed by atoms with Crippen LogP contribution in [-0.2, 0) is 12.6 Å². The first-order valence-corrected chi connectivity index (χ1v) is 3.74. The van der Waals surface area contributed by atoms with Gasteiger partial charge in [0.2, 0.25) is 0 Å². The fourth-order valence-electron chi connectivity index (χ4n) is 0.888. The first-order valence-electron chi connectivity index (χ1n) is 3.74. The standard InChI is InChI=1S/C8H15N3/c1-8(2,9-3)7-5-10-11(4)6-7/h5-6,9H,1-4H3. The van der Waals surface area contributed by atoms with Gasteiger partial charge in [-0.2, -0.15) is 5.10 Å². The van der Waals surface area contributed by atoms with E-state index >= 15 is 0 Å². The molecule has 0 aliphatic carbocycles. The molecule has 0 radical (unpaired) electrons. The molecule has 0 unspecified atom stereocenters. The van der Waals surface area contributed by atoms with Crippen molar-refractivity contribution in [2.45, 2.75) is 19.4 Å². The van der Waals surface area contributed by atoms with Crippen molar-refractivity contribution in [2.24, 2.45) is 7.05 Å². The molecule has 1 N–H and O–H groups in total. The summed E-state index contributed by atoms with van der Waals surface area (Å²) in [6.45, 7) is 4.26. The van der Waals surface area contributed by atoms with E-state index in [0.29, 0.717) is 0 Å². The van der Waals surface area contributed by atoms with Gasteiger partial charge in [-0.05, 0) is 20.9 Å². The third kappa shape index (κ3) is 1.60. The number of aromatic nitrogens is 2. The predicted molar refractivity (Wildman–Crippen MR) is 45.3 cm³/mol. The molecule has 1 heterocycles. The molecule has 0 saturated heterocycles. The minimum atomic E-state index is 0.0221. The third-order valence-corrected chi connectivity index (χ3v) is 2.05. The number of aryl methyl sites for hydroxylation is 1. The number of hydrogen-bond acceptors (Lipinski definition) is 2. The van der Waals surface area contributed by atoms with Gasteiger partial charge in [0.15, 0.2) is 0 Å². The highest BCUT2D eigenvalue weighted by Crippen LogP contribution is 2.17. The molecule has 0 fully saturated rings. The van der Waals surface area contributed by atoms with Crippen LogP contribution in [0.2, 0.25) is 0 Å². The Morgan fingerprint density at radius 1 is 1.55 bits per heavy atom. The van der Waals surface area contributed by atoms with Crippen LogP contribution in [0.5, 0.6) is 0 Å². The third-order valence-electron chi connectivity index (χ3n) is 2.05. The highest BCUT2D eigenvalue weighted by atomic mass is 15.2. The zero-order chi connectivity index (χ0) is 8.48. The van der Waals surface area contributed by atoms with E-state index in [4.69, 9.17) is 0 Å². The maximum absolute atomic E-state index is 4.11.